The monoisotopic (exact) mass is 738 g/mol. The minimum Gasteiger partial charge on any atom is -0.494 e. The summed E-state index contributed by atoms with van der Waals surface area (Å²) >= 11 is 1.15. The number of imidazole rings is 2. The van der Waals surface area contributed by atoms with Crippen LogP contribution in [-0.4, -0.2) is 57.0 Å². The van der Waals surface area contributed by atoms with Crippen LogP contribution >= 0.6 is 11.3 Å². The van der Waals surface area contributed by atoms with Gasteiger partial charge >= 0.3 is 0 Å². The van der Waals surface area contributed by atoms with Gasteiger partial charge in [-0.2, -0.15) is 0 Å². The predicted molar refractivity (Wildman–Crippen MR) is 197 cm³/mol. The molecule has 17 heteroatoms. The van der Waals surface area contributed by atoms with Gasteiger partial charge in [-0.25, -0.2) is 31.9 Å². The molecule has 0 fully saturated rings. The number of primary sulfonamides is 1. The van der Waals surface area contributed by atoms with Crippen LogP contribution in [0.5, 0.6) is 11.8 Å². The maximum atomic E-state index is 12.5. The Labute approximate surface area is 292 Å². The van der Waals surface area contributed by atoms with Gasteiger partial charge in [0.2, 0.25) is 21.8 Å². The highest BCUT2D eigenvalue weighted by atomic mass is 32.2. The van der Waals surface area contributed by atoms with Crippen LogP contribution in [0.25, 0.3) is 66.6 Å². The van der Waals surface area contributed by atoms with Crippen molar-refractivity contribution < 1.29 is 27.0 Å². The SMILES string of the molecule is NS(=O)(=O)c1ccc2[nH]c(O)c(-c3nc4ccccc4[nH]3)c2c1.O=S(=O)(Nc1ccc2[nH]c(O)c(-c3nc4ccccc4[nH]3)c2c1)c1cccs1. The lowest BCUT2D eigenvalue weighted by molar-refractivity contribution is 0.459. The van der Waals surface area contributed by atoms with E-state index in [1.54, 1.807) is 41.8 Å². The van der Waals surface area contributed by atoms with Crippen molar-refractivity contribution >= 4 is 80.9 Å². The summed E-state index contributed by atoms with van der Waals surface area (Å²) in [5.74, 6) is 0.822. The number of nitrogens with zero attached hydrogens (tertiary/aromatic N) is 2. The topological polar surface area (TPSA) is 236 Å². The molecule has 5 heterocycles. The molecule has 4 aromatic carbocycles. The molecule has 0 saturated heterocycles. The lowest BCUT2D eigenvalue weighted by atomic mass is 10.1. The number of aromatic hydroxyl groups is 2. The maximum Gasteiger partial charge on any atom is 0.271 e. The van der Waals surface area contributed by atoms with Gasteiger partial charge in [0, 0.05) is 27.5 Å². The van der Waals surface area contributed by atoms with Crippen molar-refractivity contribution in [3.05, 3.63) is 102 Å². The number of sulfonamides is 2. The van der Waals surface area contributed by atoms with E-state index in [9.17, 15) is 27.0 Å². The smallest absolute Gasteiger partial charge is 0.271 e. The van der Waals surface area contributed by atoms with Crippen LogP contribution in [-0.2, 0) is 20.0 Å². The highest BCUT2D eigenvalue weighted by molar-refractivity contribution is 7.94. The molecule has 0 spiro atoms. The number of rotatable bonds is 6. The first-order chi connectivity index (χ1) is 24.4. The third-order valence-corrected chi connectivity index (χ3v) is 11.8. The van der Waals surface area contributed by atoms with Crippen molar-refractivity contribution in [2.75, 3.05) is 4.72 Å². The fourth-order valence-electron chi connectivity index (χ4n) is 5.82. The number of para-hydroxylation sites is 4. The van der Waals surface area contributed by atoms with E-state index in [1.165, 1.54) is 12.1 Å². The highest BCUT2D eigenvalue weighted by Gasteiger charge is 2.21. The first-order valence-electron chi connectivity index (χ1n) is 15.1. The number of anilines is 1. The largest absolute Gasteiger partial charge is 0.494 e. The quantitative estimate of drug-likeness (QED) is 0.0955. The Kier molecular flexibility index (Phi) is 7.56. The minimum absolute atomic E-state index is 0.0265. The molecule has 0 aliphatic rings. The minimum atomic E-state index is -3.83. The molecule has 256 valence electrons. The number of fused-ring (bicyclic) bond motifs is 4. The van der Waals surface area contributed by atoms with E-state index in [-0.39, 0.29) is 20.9 Å². The summed E-state index contributed by atoms with van der Waals surface area (Å²) in [6.07, 6.45) is 0. The zero-order chi connectivity index (χ0) is 35.5. The van der Waals surface area contributed by atoms with Crippen LogP contribution in [0, 0.1) is 0 Å². The molecule has 51 heavy (non-hydrogen) atoms. The summed E-state index contributed by atoms with van der Waals surface area (Å²) in [5.41, 5.74) is 5.75. The van der Waals surface area contributed by atoms with E-state index in [0.717, 1.165) is 33.4 Å². The van der Waals surface area contributed by atoms with Crippen molar-refractivity contribution in [3.8, 4) is 34.5 Å². The third kappa shape index (κ3) is 5.93. The number of H-pyrrole nitrogens is 4. The average Bonchev–Trinajstić information content (AvgIpc) is 3.92. The second-order valence-corrected chi connectivity index (χ2v) is 15.9. The normalized spacial score (nSPS) is 12.1. The van der Waals surface area contributed by atoms with Gasteiger partial charge in [0.1, 0.15) is 15.9 Å². The van der Waals surface area contributed by atoms with Crippen LogP contribution in [0.15, 0.2) is 112 Å². The van der Waals surface area contributed by atoms with E-state index in [1.807, 2.05) is 48.5 Å². The summed E-state index contributed by atoms with van der Waals surface area (Å²) < 4.78 is 50.9. The molecule has 0 aliphatic carbocycles. The van der Waals surface area contributed by atoms with Gasteiger partial charge in [-0.3, -0.25) is 4.72 Å². The Morgan fingerprint density at radius 2 is 1.18 bits per heavy atom. The highest BCUT2D eigenvalue weighted by Crippen LogP contribution is 2.38. The number of nitrogens with two attached hydrogens (primary N) is 1. The van der Waals surface area contributed by atoms with E-state index < -0.39 is 20.0 Å². The average molecular weight is 739 g/mol. The first kappa shape index (κ1) is 32.1. The van der Waals surface area contributed by atoms with Gasteiger partial charge < -0.3 is 30.1 Å². The molecule has 0 radical (unpaired) electrons. The number of hydrogen-bond acceptors (Lipinski definition) is 9. The standard InChI is InChI=1S/C19H14N4O3S2.C15H12N4O3S/c24-19-17(18-20-14-4-1-2-5-15(14)21-18)12-10-11(7-8-13(12)22-19)23-28(25,26)16-6-3-9-27-16;16-23(21,22)8-5-6-10-9(7-8)13(15(20)19-10)14-17-11-3-1-2-4-12(11)18-14/h1-10,22-24H,(H,20,21);1-7,19-20H,(H,17,18)(H2,16,21,22). The Hall–Kier alpha value is -6.14. The van der Waals surface area contributed by atoms with Gasteiger partial charge in [0.05, 0.1) is 38.1 Å². The lowest BCUT2D eigenvalue weighted by Crippen LogP contribution is -2.11. The molecule has 0 unspecified atom stereocenters. The van der Waals surface area contributed by atoms with E-state index in [0.29, 0.717) is 50.3 Å². The zero-order valence-corrected chi connectivity index (χ0v) is 28.5. The van der Waals surface area contributed by atoms with E-state index >= 15 is 0 Å². The van der Waals surface area contributed by atoms with E-state index in [2.05, 4.69) is 34.6 Å². The fraction of sp³-hybridized carbons (Fsp3) is 0. The van der Waals surface area contributed by atoms with Crippen molar-refractivity contribution in [1.82, 2.24) is 29.9 Å². The second-order valence-electron chi connectivity index (χ2n) is 11.5. The number of thiophene rings is 1. The van der Waals surface area contributed by atoms with Gasteiger partial charge in [0.25, 0.3) is 10.0 Å². The van der Waals surface area contributed by atoms with Gasteiger partial charge in [-0.05, 0) is 72.1 Å². The molecular weight excluding hydrogens is 713 g/mol. The third-order valence-electron chi connectivity index (χ3n) is 8.12. The van der Waals surface area contributed by atoms with Gasteiger partial charge in [-0.1, -0.05) is 30.3 Å². The Bertz CT molecular complexity index is 2910. The fourth-order valence-corrected chi connectivity index (χ4v) is 8.40. The Morgan fingerprint density at radius 3 is 1.71 bits per heavy atom. The molecule has 5 aromatic heterocycles. The number of aromatic nitrogens is 6. The molecule has 14 nitrogen and oxygen atoms in total. The molecule has 0 amide bonds. The summed E-state index contributed by atoms with van der Waals surface area (Å²) in [6.45, 7) is 0. The summed E-state index contributed by atoms with van der Waals surface area (Å²) in [4.78, 5) is 21.0. The van der Waals surface area contributed by atoms with Crippen LogP contribution < -0.4 is 9.86 Å². The number of benzene rings is 4. The van der Waals surface area contributed by atoms with E-state index in [4.69, 9.17) is 5.14 Å². The molecule has 0 atom stereocenters. The van der Waals surface area contributed by atoms with Crippen molar-refractivity contribution in [2.24, 2.45) is 5.14 Å². The summed E-state index contributed by atoms with van der Waals surface area (Å²) in [5, 5.41) is 28.7. The van der Waals surface area contributed by atoms with Crippen molar-refractivity contribution in [2.45, 2.75) is 9.10 Å². The Balaban J connectivity index is 0.000000150. The van der Waals surface area contributed by atoms with Gasteiger partial charge in [-0.15, -0.1) is 11.3 Å². The first-order valence-corrected chi connectivity index (χ1v) is 19.0. The molecular formula is C34H26N8O6S3. The van der Waals surface area contributed by atoms with Crippen LogP contribution in [0.1, 0.15) is 0 Å². The second kappa shape index (κ2) is 12.0. The molecule has 0 aliphatic heterocycles. The molecule has 9 N–H and O–H groups in total. The summed E-state index contributed by atoms with van der Waals surface area (Å²) in [7, 11) is -7.49. The molecule has 0 saturated carbocycles. The molecule has 0 bridgehead atoms. The predicted octanol–water partition coefficient (Wildman–Crippen LogP) is 6.34. The maximum absolute atomic E-state index is 12.5. The van der Waals surface area contributed by atoms with Crippen molar-refractivity contribution in [3.63, 3.8) is 0 Å². The molecule has 9 rings (SSSR count). The number of hydrogen-bond donors (Lipinski definition) is 8. The van der Waals surface area contributed by atoms with Crippen LogP contribution in [0.3, 0.4) is 0 Å². The number of aromatic amines is 4. The van der Waals surface area contributed by atoms with Gasteiger partial charge in [0.15, 0.2) is 0 Å². The number of nitrogens with one attached hydrogen (secondary N) is 5. The van der Waals surface area contributed by atoms with Crippen LogP contribution in [0.2, 0.25) is 0 Å². The zero-order valence-electron chi connectivity index (χ0n) is 26.0. The lowest BCUT2D eigenvalue weighted by Gasteiger charge is -2.06. The molecule has 9 aromatic rings. The Morgan fingerprint density at radius 1 is 0.627 bits per heavy atom. The summed E-state index contributed by atoms with van der Waals surface area (Å²) in [6, 6.07) is 27.7. The van der Waals surface area contributed by atoms with Crippen molar-refractivity contribution in [1.29, 1.82) is 0 Å². The van der Waals surface area contributed by atoms with Crippen LogP contribution in [0.4, 0.5) is 5.69 Å².